The molecule has 0 aliphatic rings. The molecule has 0 fully saturated rings. The summed E-state index contributed by atoms with van der Waals surface area (Å²) in [6.45, 7) is 0. The number of nitrogens with zero attached hydrogens (tertiary/aromatic N) is 2. The average Bonchev–Trinajstić information content (AvgIpc) is 2.64. The number of fused-ring (bicyclic) bond motifs is 2. The molecule has 2 aromatic carbocycles. The summed E-state index contributed by atoms with van der Waals surface area (Å²) in [6, 6.07) is 11.8. The SMILES string of the molecule is O=C(Nc1cccc2c(=O)[nH][nH]c(=O)c12)c1cnc2ccccc2n1. The first kappa shape index (κ1) is 14.8. The number of nitrogens with one attached hydrogen (secondary N) is 3. The highest BCUT2D eigenvalue weighted by molar-refractivity contribution is 6.08. The Bertz CT molecular complexity index is 1240. The number of benzene rings is 2. The lowest BCUT2D eigenvalue weighted by Gasteiger charge is -2.07. The van der Waals surface area contributed by atoms with Crippen molar-refractivity contribution in [3.8, 4) is 0 Å². The lowest BCUT2D eigenvalue weighted by molar-refractivity contribution is 0.102. The van der Waals surface area contributed by atoms with Gasteiger partial charge in [0.1, 0.15) is 5.69 Å². The maximum Gasteiger partial charge on any atom is 0.275 e. The lowest BCUT2D eigenvalue weighted by Crippen LogP contribution is -2.22. The van der Waals surface area contributed by atoms with Crippen molar-refractivity contribution in [1.29, 1.82) is 0 Å². The molecule has 0 spiro atoms. The Morgan fingerprint density at radius 1 is 0.920 bits per heavy atom. The van der Waals surface area contributed by atoms with Gasteiger partial charge in [0.15, 0.2) is 0 Å². The summed E-state index contributed by atoms with van der Waals surface area (Å²) in [4.78, 5) is 44.8. The van der Waals surface area contributed by atoms with Gasteiger partial charge in [-0.2, -0.15) is 0 Å². The number of para-hydroxylation sites is 2. The molecule has 0 unspecified atom stereocenters. The predicted octanol–water partition coefficient (Wildman–Crippen LogP) is 1.41. The molecule has 2 heterocycles. The van der Waals surface area contributed by atoms with Crippen LogP contribution in [-0.2, 0) is 0 Å². The molecule has 0 atom stereocenters. The van der Waals surface area contributed by atoms with Crippen molar-refractivity contribution in [2.24, 2.45) is 0 Å². The Hall–Kier alpha value is -3.81. The minimum absolute atomic E-state index is 0.105. The van der Waals surface area contributed by atoms with Gasteiger partial charge in [-0.1, -0.05) is 18.2 Å². The number of anilines is 1. The minimum atomic E-state index is -0.523. The van der Waals surface area contributed by atoms with Gasteiger partial charge >= 0.3 is 0 Å². The average molecular weight is 333 g/mol. The highest BCUT2D eigenvalue weighted by Gasteiger charge is 2.14. The number of rotatable bonds is 2. The molecule has 1 amide bonds. The van der Waals surface area contributed by atoms with Crippen LogP contribution in [0.25, 0.3) is 21.8 Å². The minimum Gasteiger partial charge on any atom is -0.320 e. The van der Waals surface area contributed by atoms with Gasteiger partial charge in [-0.15, -0.1) is 0 Å². The molecule has 4 aromatic rings. The molecule has 3 N–H and O–H groups in total. The zero-order chi connectivity index (χ0) is 17.4. The van der Waals surface area contributed by atoms with Crippen LogP contribution in [-0.4, -0.2) is 26.1 Å². The van der Waals surface area contributed by atoms with Crippen LogP contribution in [0.4, 0.5) is 5.69 Å². The Kier molecular flexibility index (Phi) is 3.35. The molecular weight excluding hydrogens is 322 g/mol. The van der Waals surface area contributed by atoms with Crippen LogP contribution in [0.1, 0.15) is 10.5 Å². The topological polar surface area (TPSA) is 121 Å². The fraction of sp³-hybridized carbons (Fsp3) is 0. The molecule has 25 heavy (non-hydrogen) atoms. The third-order valence-corrected chi connectivity index (χ3v) is 3.76. The van der Waals surface area contributed by atoms with Gasteiger partial charge in [-0.3, -0.25) is 29.6 Å². The molecule has 122 valence electrons. The standard InChI is InChI=1S/C17H11N5O3/c23-15-9-4-3-7-12(14(9)17(25)22-21-15)20-16(24)13-8-18-10-5-1-2-6-11(10)19-13/h1-8H,(H,20,24)(H,21,23)(H,22,25). The van der Waals surface area contributed by atoms with Crippen molar-refractivity contribution in [1.82, 2.24) is 20.2 Å². The van der Waals surface area contributed by atoms with Crippen molar-refractivity contribution >= 4 is 33.4 Å². The molecule has 0 aliphatic carbocycles. The van der Waals surface area contributed by atoms with Crippen molar-refractivity contribution in [2.45, 2.75) is 0 Å². The Balaban J connectivity index is 1.78. The third kappa shape index (κ3) is 2.55. The second-order valence-electron chi connectivity index (χ2n) is 5.33. The summed E-state index contributed by atoms with van der Waals surface area (Å²) < 4.78 is 0. The van der Waals surface area contributed by atoms with E-state index >= 15 is 0 Å². The van der Waals surface area contributed by atoms with Gasteiger partial charge in [-0.25, -0.2) is 4.98 Å². The first-order chi connectivity index (χ1) is 12.1. The molecule has 2 aromatic heterocycles. The fourth-order valence-electron chi connectivity index (χ4n) is 2.59. The van der Waals surface area contributed by atoms with Gasteiger partial charge in [0.2, 0.25) is 0 Å². The lowest BCUT2D eigenvalue weighted by atomic mass is 10.1. The van der Waals surface area contributed by atoms with Crippen LogP contribution in [0.2, 0.25) is 0 Å². The molecule has 0 saturated carbocycles. The number of hydrogen-bond acceptors (Lipinski definition) is 5. The van der Waals surface area contributed by atoms with E-state index in [1.165, 1.54) is 12.3 Å². The second kappa shape index (κ2) is 5.68. The summed E-state index contributed by atoms with van der Waals surface area (Å²) >= 11 is 0. The van der Waals surface area contributed by atoms with Gasteiger partial charge in [0, 0.05) is 0 Å². The number of hydrogen-bond donors (Lipinski definition) is 3. The van der Waals surface area contributed by atoms with E-state index in [4.69, 9.17) is 0 Å². The maximum absolute atomic E-state index is 12.5. The number of H-pyrrole nitrogens is 2. The van der Waals surface area contributed by atoms with Crippen LogP contribution >= 0.6 is 0 Å². The smallest absolute Gasteiger partial charge is 0.275 e. The number of carbonyl (C=O) groups excluding carboxylic acids is 1. The zero-order valence-corrected chi connectivity index (χ0v) is 12.7. The number of carbonyl (C=O) groups is 1. The van der Waals surface area contributed by atoms with E-state index in [2.05, 4.69) is 25.5 Å². The van der Waals surface area contributed by atoms with E-state index in [0.29, 0.717) is 11.0 Å². The Labute approximate surface area is 139 Å². The maximum atomic E-state index is 12.5. The van der Waals surface area contributed by atoms with Crippen LogP contribution in [0.3, 0.4) is 0 Å². The summed E-state index contributed by atoms with van der Waals surface area (Å²) in [5, 5.41) is 7.41. The van der Waals surface area contributed by atoms with Gasteiger partial charge in [0.25, 0.3) is 17.0 Å². The van der Waals surface area contributed by atoms with E-state index in [-0.39, 0.29) is 22.2 Å². The summed E-state index contributed by atoms with van der Waals surface area (Å²) in [5.74, 6) is -0.523. The molecule has 4 rings (SSSR count). The van der Waals surface area contributed by atoms with Crippen LogP contribution in [0.5, 0.6) is 0 Å². The van der Waals surface area contributed by atoms with Crippen molar-refractivity contribution in [2.75, 3.05) is 5.32 Å². The van der Waals surface area contributed by atoms with E-state index in [1.54, 1.807) is 30.3 Å². The second-order valence-corrected chi connectivity index (χ2v) is 5.33. The highest BCUT2D eigenvalue weighted by Crippen LogP contribution is 2.18. The Morgan fingerprint density at radius 3 is 2.52 bits per heavy atom. The molecule has 0 bridgehead atoms. The van der Waals surface area contributed by atoms with Crippen molar-refractivity contribution < 1.29 is 4.79 Å². The van der Waals surface area contributed by atoms with Crippen LogP contribution < -0.4 is 16.4 Å². The summed E-state index contributed by atoms with van der Waals surface area (Å²) in [6.07, 6.45) is 1.36. The highest BCUT2D eigenvalue weighted by atomic mass is 16.2. The predicted molar refractivity (Wildman–Crippen MR) is 92.7 cm³/mol. The molecule has 8 heteroatoms. The van der Waals surface area contributed by atoms with E-state index in [9.17, 15) is 14.4 Å². The number of amides is 1. The summed E-state index contributed by atoms with van der Waals surface area (Å²) in [5.41, 5.74) is 0.641. The first-order valence-electron chi connectivity index (χ1n) is 7.40. The third-order valence-electron chi connectivity index (χ3n) is 3.76. The van der Waals surface area contributed by atoms with Crippen LogP contribution in [0, 0.1) is 0 Å². The monoisotopic (exact) mass is 333 g/mol. The molecule has 0 aliphatic heterocycles. The van der Waals surface area contributed by atoms with Crippen molar-refractivity contribution in [3.63, 3.8) is 0 Å². The zero-order valence-electron chi connectivity index (χ0n) is 12.7. The quantitative estimate of drug-likeness (QED) is 0.512. The van der Waals surface area contributed by atoms with Gasteiger partial charge in [0.05, 0.1) is 33.7 Å². The molecular formula is C17H11N5O3. The Morgan fingerprint density at radius 2 is 1.68 bits per heavy atom. The van der Waals surface area contributed by atoms with E-state index in [1.807, 2.05) is 6.07 Å². The first-order valence-corrected chi connectivity index (χ1v) is 7.40. The number of aromatic nitrogens is 4. The molecule has 0 radical (unpaired) electrons. The number of aromatic amines is 2. The van der Waals surface area contributed by atoms with Crippen LogP contribution in [0.15, 0.2) is 58.3 Å². The van der Waals surface area contributed by atoms with E-state index in [0.717, 1.165) is 0 Å². The van der Waals surface area contributed by atoms with E-state index < -0.39 is 17.0 Å². The largest absolute Gasteiger partial charge is 0.320 e. The normalized spacial score (nSPS) is 10.9. The van der Waals surface area contributed by atoms with Gasteiger partial charge < -0.3 is 5.32 Å². The fourth-order valence-corrected chi connectivity index (χ4v) is 2.59. The summed E-state index contributed by atoms with van der Waals surface area (Å²) in [7, 11) is 0. The molecule has 8 nitrogen and oxygen atoms in total. The van der Waals surface area contributed by atoms with Gasteiger partial charge in [-0.05, 0) is 24.3 Å². The van der Waals surface area contributed by atoms with Crippen molar-refractivity contribution in [3.05, 3.63) is 75.1 Å². The molecule has 0 saturated heterocycles.